The van der Waals surface area contributed by atoms with E-state index in [-0.39, 0.29) is 6.10 Å². The number of carbonyl (C=O) groups excluding carboxylic acids is 1. The summed E-state index contributed by atoms with van der Waals surface area (Å²) in [6, 6.07) is 6.41. The number of ether oxygens (including phenoxy) is 2. The first-order valence-electron chi connectivity index (χ1n) is 14.2. The van der Waals surface area contributed by atoms with Crippen LogP contribution in [0.25, 0.3) is 0 Å². The largest absolute Gasteiger partial charge is 0.494 e. The van der Waals surface area contributed by atoms with Gasteiger partial charge in [0.05, 0.1) is 30.4 Å². The monoisotopic (exact) mass is 603 g/mol. The molecule has 2 aromatic rings. The highest BCUT2D eigenvalue weighted by atomic mass is 32.2. The molecule has 1 aromatic heterocycles. The number of anilines is 4. The van der Waals surface area contributed by atoms with Gasteiger partial charge in [-0.15, -0.1) is 0 Å². The topological polar surface area (TPSA) is 129 Å². The highest BCUT2D eigenvalue weighted by Gasteiger charge is 2.25. The molecule has 0 radical (unpaired) electrons. The van der Waals surface area contributed by atoms with Crippen molar-refractivity contribution >= 4 is 39.3 Å². The van der Waals surface area contributed by atoms with Crippen molar-refractivity contribution in [1.82, 2.24) is 19.2 Å². The van der Waals surface area contributed by atoms with E-state index >= 15 is 0 Å². The van der Waals surface area contributed by atoms with Crippen LogP contribution in [-0.4, -0.2) is 107 Å². The Kier molecular flexibility index (Phi) is 12.4. The summed E-state index contributed by atoms with van der Waals surface area (Å²) in [6.45, 7) is 6.05. The van der Waals surface area contributed by atoms with Gasteiger partial charge < -0.3 is 29.9 Å². The van der Waals surface area contributed by atoms with Crippen molar-refractivity contribution < 1.29 is 22.7 Å². The Hall–Kier alpha value is -3.42. The van der Waals surface area contributed by atoms with Crippen LogP contribution < -0.4 is 25.0 Å². The molecule has 1 atom stereocenters. The molecular formula is C29H45N7O5S. The molecule has 13 heteroatoms. The molecule has 2 fully saturated rings. The van der Waals surface area contributed by atoms with Crippen LogP contribution in [0.4, 0.5) is 23.0 Å². The molecule has 2 N–H and O–H groups in total. The van der Waals surface area contributed by atoms with E-state index in [1.165, 1.54) is 16.6 Å². The van der Waals surface area contributed by atoms with E-state index in [2.05, 4.69) is 57.1 Å². The van der Waals surface area contributed by atoms with Crippen LogP contribution in [0.1, 0.15) is 32.1 Å². The van der Waals surface area contributed by atoms with Gasteiger partial charge in [0.15, 0.2) is 0 Å². The summed E-state index contributed by atoms with van der Waals surface area (Å²) in [7, 11) is 4.68. The third-order valence-corrected chi connectivity index (χ3v) is 8.79. The fourth-order valence-electron chi connectivity index (χ4n) is 5.17. The summed E-state index contributed by atoms with van der Waals surface area (Å²) in [5.74, 6) is 1.55. The van der Waals surface area contributed by atoms with Crippen molar-refractivity contribution in [2.24, 2.45) is 0 Å². The normalized spacial score (nSPS) is 18.3. The van der Waals surface area contributed by atoms with Crippen LogP contribution in [0.3, 0.4) is 0 Å². The average Bonchev–Trinajstić information content (AvgIpc) is 3.23. The first-order chi connectivity index (χ1) is 20.1. The van der Waals surface area contributed by atoms with Gasteiger partial charge in [-0.1, -0.05) is 6.58 Å². The molecule has 12 nitrogen and oxygen atoms in total. The van der Waals surface area contributed by atoms with Gasteiger partial charge in [-0.2, -0.15) is 4.98 Å². The lowest BCUT2D eigenvalue weighted by molar-refractivity contribution is -0.104. The molecule has 0 saturated carbocycles. The number of carbonyl (C=O) groups is 1. The summed E-state index contributed by atoms with van der Waals surface area (Å²) < 4.78 is 37.2. The Labute approximate surface area is 250 Å². The molecule has 0 spiro atoms. The molecule has 42 heavy (non-hydrogen) atoms. The Morgan fingerprint density at radius 2 is 1.81 bits per heavy atom. The number of nitrogens with zero attached hydrogens (tertiary/aromatic N) is 5. The Bertz CT molecular complexity index is 1280. The minimum absolute atomic E-state index is 0.106. The maximum Gasteiger partial charge on any atom is 0.230 e. The van der Waals surface area contributed by atoms with Crippen LogP contribution in [-0.2, 0) is 14.8 Å². The number of piperidine rings is 1. The number of allylic oxidation sites excluding steroid dienone is 1. The van der Waals surface area contributed by atoms with E-state index in [0.29, 0.717) is 49.4 Å². The number of rotatable bonds is 10. The molecule has 2 saturated heterocycles. The van der Waals surface area contributed by atoms with Gasteiger partial charge in [0.1, 0.15) is 18.1 Å². The van der Waals surface area contributed by atoms with E-state index in [1.54, 1.807) is 19.4 Å². The molecular weight excluding hydrogens is 558 g/mol. The Balaban J connectivity index is 0.00000114. The Morgan fingerprint density at radius 1 is 1.10 bits per heavy atom. The first kappa shape index (κ1) is 33.1. The maximum absolute atomic E-state index is 11.9. The zero-order valence-electron chi connectivity index (χ0n) is 25.4. The zero-order chi connectivity index (χ0) is 30.7. The summed E-state index contributed by atoms with van der Waals surface area (Å²) >= 11 is 0. The summed E-state index contributed by atoms with van der Waals surface area (Å²) in [6.07, 6.45) is 9.00. The third kappa shape index (κ3) is 9.30. The number of sulfonamides is 1. The molecule has 232 valence electrons. The maximum atomic E-state index is 11.9. The van der Waals surface area contributed by atoms with Crippen LogP contribution in [0.15, 0.2) is 37.1 Å². The summed E-state index contributed by atoms with van der Waals surface area (Å²) in [4.78, 5) is 22.7. The SMILES string of the molecule is C=CC=O.CNc1cc(Nc2nccc(OC3CCCN(S(C)(=O)=O)CC3)n2)c(OC)cc1N1CCC(N(C)C)CC1. The smallest absolute Gasteiger partial charge is 0.230 e. The molecule has 2 aliphatic heterocycles. The van der Waals surface area contributed by atoms with Crippen molar-refractivity contribution in [3.8, 4) is 11.6 Å². The lowest BCUT2D eigenvalue weighted by Gasteiger charge is -2.37. The average molecular weight is 604 g/mol. The number of hydrogen-bond donors (Lipinski definition) is 2. The standard InChI is InChI=1S/C26H41N7O4S.C3H4O/c1-27-21-17-22(24(36-4)18-23(21)32-14-9-19(10-15-32)31(2)3)29-26-28-12-8-25(30-26)37-20-7-6-13-33(16-11-20)38(5,34)35;1-2-3-4/h8,12,17-20,27H,6-7,9-11,13-16H2,1-5H3,(H,28,29,30);2-3H,1H2. The number of aromatic nitrogens is 2. The predicted molar refractivity (Wildman–Crippen MR) is 168 cm³/mol. The molecule has 2 aliphatic rings. The molecule has 1 aromatic carbocycles. The lowest BCUT2D eigenvalue weighted by Crippen LogP contribution is -2.42. The van der Waals surface area contributed by atoms with Gasteiger partial charge in [-0.05, 0) is 58.3 Å². The van der Waals surface area contributed by atoms with Gasteiger partial charge in [0, 0.05) is 57.6 Å². The predicted octanol–water partition coefficient (Wildman–Crippen LogP) is 3.37. The van der Waals surface area contributed by atoms with E-state index in [9.17, 15) is 8.42 Å². The quantitative estimate of drug-likeness (QED) is 0.306. The van der Waals surface area contributed by atoms with Crippen molar-refractivity contribution in [3.05, 3.63) is 37.1 Å². The lowest BCUT2D eigenvalue weighted by atomic mass is 10.0. The third-order valence-electron chi connectivity index (χ3n) is 7.49. The number of aldehydes is 1. The van der Waals surface area contributed by atoms with Gasteiger partial charge in [-0.25, -0.2) is 17.7 Å². The van der Waals surface area contributed by atoms with Gasteiger partial charge >= 0.3 is 0 Å². The first-order valence-corrected chi connectivity index (χ1v) is 16.0. The van der Waals surface area contributed by atoms with Crippen molar-refractivity contribution in [1.29, 1.82) is 0 Å². The molecule has 0 bridgehead atoms. The molecule has 4 rings (SSSR count). The molecule has 0 amide bonds. The Morgan fingerprint density at radius 3 is 2.40 bits per heavy atom. The van der Waals surface area contributed by atoms with E-state index in [0.717, 1.165) is 55.8 Å². The second-order valence-electron chi connectivity index (χ2n) is 10.5. The highest BCUT2D eigenvalue weighted by molar-refractivity contribution is 7.88. The zero-order valence-corrected chi connectivity index (χ0v) is 26.2. The van der Waals surface area contributed by atoms with Crippen LogP contribution >= 0.6 is 0 Å². The number of benzene rings is 1. The van der Waals surface area contributed by atoms with Crippen LogP contribution in [0.5, 0.6) is 11.6 Å². The van der Waals surface area contributed by atoms with E-state index in [1.807, 2.05) is 13.1 Å². The van der Waals surface area contributed by atoms with Crippen LogP contribution in [0.2, 0.25) is 0 Å². The van der Waals surface area contributed by atoms with Gasteiger partial charge in [0.2, 0.25) is 21.9 Å². The van der Waals surface area contributed by atoms with E-state index in [4.69, 9.17) is 14.3 Å². The van der Waals surface area contributed by atoms with Crippen molar-refractivity contribution in [3.63, 3.8) is 0 Å². The number of hydrogen-bond acceptors (Lipinski definition) is 11. The highest BCUT2D eigenvalue weighted by Crippen LogP contribution is 2.39. The van der Waals surface area contributed by atoms with Gasteiger partial charge in [0.25, 0.3) is 0 Å². The molecule has 1 unspecified atom stereocenters. The number of methoxy groups -OCH3 is 1. The summed E-state index contributed by atoms with van der Waals surface area (Å²) in [5, 5.41) is 6.62. The van der Waals surface area contributed by atoms with Gasteiger partial charge in [-0.3, -0.25) is 4.79 Å². The minimum Gasteiger partial charge on any atom is -0.494 e. The number of nitrogens with one attached hydrogen (secondary N) is 2. The minimum atomic E-state index is -3.20. The molecule has 3 heterocycles. The van der Waals surface area contributed by atoms with Crippen molar-refractivity contribution in [2.45, 2.75) is 44.2 Å². The summed E-state index contributed by atoms with van der Waals surface area (Å²) in [5.41, 5.74) is 2.86. The van der Waals surface area contributed by atoms with Crippen LogP contribution in [0, 0.1) is 0 Å². The van der Waals surface area contributed by atoms with E-state index < -0.39 is 10.0 Å². The fourth-order valence-corrected chi connectivity index (χ4v) is 6.07. The second-order valence-corrected chi connectivity index (χ2v) is 12.5. The fraction of sp³-hybridized carbons (Fsp3) is 0.552. The molecule has 0 aliphatic carbocycles. The van der Waals surface area contributed by atoms with Crippen molar-refractivity contribution in [2.75, 3.05) is 76.2 Å². The second kappa shape index (κ2) is 15.7.